The molecule has 0 spiro atoms. The van der Waals surface area contributed by atoms with Crippen LogP contribution in [-0.2, 0) is 4.79 Å². The number of imide groups is 1. The third-order valence-corrected chi connectivity index (χ3v) is 6.10. The molecule has 1 saturated heterocycles. The van der Waals surface area contributed by atoms with Crippen LogP contribution in [0.25, 0.3) is 17.4 Å². The number of aryl methyl sites for hydroxylation is 1. The van der Waals surface area contributed by atoms with E-state index < -0.39 is 16.1 Å². The number of amides is 2. The molecular formula is C23H17ClN2O6S. The van der Waals surface area contributed by atoms with E-state index in [-0.39, 0.29) is 23.7 Å². The van der Waals surface area contributed by atoms with Crippen molar-refractivity contribution in [2.75, 3.05) is 13.2 Å². The van der Waals surface area contributed by atoms with E-state index in [1.807, 2.05) is 6.92 Å². The Labute approximate surface area is 197 Å². The summed E-state index contributed by atoms with van der Waals surface area (Å²) in [7, 11) is 0. The molecule has 3 aromatic rings. The van der Waals surface area contributed by atoms with E-state index in [1.165, 1.54) is 18.2 Å². The van der Waals surface area contributed by atoms with Crippen LogP contribution >= 0.6 is 23.4 Å². The number of para-hydroxylation sites is 1. The molecule has 0 saturated carbocycles. The first-order chi connectivity index (χ1) is 15.8. The average Bonchev–Trinajstić information content (AvgIpc) is 3.35. The standard InChI is InChI=1S/C23H17ClN2O6S/c1-14-6-7-15(26(29)30)12-17(14)19-9-8-16(32-19)13-21-22(27)25(23(28)33-21)10-11-31-20-5-3-2-4-18(20)24/h2-9,12-13H,10-11H2,1H3/b21-13-. The van der Waals surface area contributed by atoms with E-state index in [1.54, 1.807) is 42.5 Å². The highest BCUT2D eigenvalue weighted by Gasteiger charge is 2.35. The summed E-state index contributed by atoms with van der Waals surface area (Å²) in [5.41, 5.74) is 1.34. The van der Waals surface area contributed by atoms with Crippen LogP contribution in [0.4, 0.5) is 10.5 Å². The topological polar surface area (TPSA) is 103 Å². The van der Waals surface area contributed by atoms with Crippen LogP contribution in [0.5, 0.6) is 5.75 Å². The minimum atomic E-state index is -0.474. The molecule has 0 bridgehead atoms. The van der Waals surface area contributed by atoms with Gasteiger partial charge >= 0.3 is 0 Å². The molecule has 33 heavy (non-hydrogen) atoms. The molecule has 1 fully saturated rings. The fourth-order valence-electron chi connectivity index (χ4n) is 3.19. The van der Waals surface area contributed by atoms with Crippen LogP contribution in [0.2, 0.25) is 5.02 Å². The average molecular weight is 485 g/mol. The first-order valence-corrected chi connectivity index (χ1v) is 11.0. The zero-order valence-electron chi connectivity index (χ0n) is 17.3. The van der Waals surface area contributed by atoms with E-state index in [9.17, 15) is 19.7 Å². The van der Waals surface area contributed by atoms with Crippen molar-refractivity contribution >= 4 is 46.3 Å². The lowest BCUT2D eigenvalue weighted by molar-refractivity contribution is -0.384. The normalized spacial score (nSPS) is 14.8. The van der Waals surface area contributed by atoms with Crippen molar-refractivity contribution in [2.24, 2.45) is 0 Å². The van der Waals surface area contributed by atoms with Gasteiger partial charge in [0.05, 0.1) is 21.4 Å². The molecule has 0 aliphatic carbocycles. The molecule has 0 atom stereocenters. The van der Waals surface area contributed by atoms with Gasteiger partial charge in [0.1, 0.15) is 23.9 Å². The number of non-ortho nitro benzene ring substituents is 1. The van der Waals surface area contributed by atoms with Crippen LogP contribution in [0.3, 0.4) is 0 Å². The largest absolute Gasteiger partial charge is 0.490 e. The van der Waals surface area contributed by atoms with Gasteiger partial charge < -0.3 is 9.15 Å². The summed E-state index contributed by atoms with van der Waals surface area (Å²) in [5.74, 6) is 0.807. The van der Waals surface area contributed by atoms with Crippen LogP contribution < -0.4 is 4.74 Å². The van der Waals surface area contributed by atoms with Crippen molar-refractivity contribution in [3.8, 4) is 17.1 Å². The summed E-state index contributed by atoms with van der Waals surface area (Å²) in [4.78, 5) is 36.9. The molecule has 0 unspecified atom stereocenters. The van der Waals surface area contributed by atoms with Gasteiger partial charge in [-0.2, -0.15) is 0 Å². The molecule has 0 N–H and O–H groups in total. The lowest BCUT2D eigenvalue weighted by atomic mass is 10.1. The molecule has 1 aliphatic rings. The van der Waals surface area contributed by atoms with E-state index in [2.05, 4.69) is 0 Å². The number of carbonyl (C=O) groups is 2. The quantitative estimate of drug-likeness (QED) is 0.232. The Morgan fingerprint density at radius 2 is 1.97 bits per heavy atom. The number of carbonyl (C=O) groups excluding carboxylic acids is 2. The maximum atomic E-state index is 12.7. The van der Waals surface area contributed by atoms with E-state index in [4.69, 9.17) is 20.8 Å². The van der Waals surface area contributed by atoms with Crippen molar-refractivity contribution in [1.82, 2.24) is 4.90 Å². The van der Waals surface area contributed by atoms with Gasteiger partial charge in [0.2, 0.25) is 0 Å². The summed E-state index contributed by atoms with van der Waals surface area (Å²) in [6, 6.07) is 14.8. The third kappa shape index (κ3) is 4.94. The van der Waals surface area contributed by atoms with Crippen molar-refractivity contribution in [3.05, 3.63) is 86.0 Å². The van der Waals surface area contributed by atoms with Gasteiger partial charge in [0.25, 0.3) is 16.8 Å². The van der Waals surface area contributed by atoms with Gasteiger partial charge in [0, 0.05) is 23.8 Å². The first-order valence-electron chi connectivity index (χ1n) is 9.81. The predicted octanol–water partition coefficient (Wildman–Crippen LogP) is 5.93. The fourth-order valence-corrected chi connectivity index (χ4v) is 4.23. The maximum absolute atomic E-state index is 12.7. The molecule has 2 amide bonds. The van der Waals surface area contributed by atoms with Gasteiger partial charge in [-0.05, 0) is 48.5 Å². The van der Waals surface area contributed by atoms with Crippen LogP contribution in [-0.4, -0.2) is 34.1 Å². The Morgan fingerprint density at radius 1 is 1.18 bits per heavy atom. The number of nitro benzene ring substituents is 1. The second-order valence-corrected chi connectivity index (χ2v) is 8.47. The zero-order valence-corrected chi connectivity index (χ0v) is 18.9. The van der Waals surface area contributed by atoms with E-state index >= 15 is 0 Å². The van der Waals surface area contributed by atoms with Crippen LogP contribution in [0, 0.1) is 17.0 Å². The molecule has 2 heterocycles. The van der Waals surface area contributed by atoms with Gasteiger partial charge in [-0.25, -0.2) is 0 Å². The van der Waals surface area contributed by atoms with Crippen LogP contribution in [0.15, 0.2) is 63.9 Å². The lowest BCUT2D eigenvalue weighted by Crippen LogP contribution is -2.32. The number of halogens is 1. The van der Waals surface area contributed by atoms with Gasteiger partial charge in [0.15, 0.2) is 0 Å². The molecule has 168 valence electrons. The number of nitrogens with zero attached hydrogens (tertiary/aromatic N) is 2. The number of thioether (sulfide) groups is 1. The monoisotopic (exact) mass is 484 g/mol. The summed E-state index contributed by atoms with van der Waals surface area (Å²) in [6.45, 7) is 1.99. The number of rotatable bonds is 7. The first kappa shape index (κ1) is 22.6. The molecule has 2 aromatic carbocycles. The van der Waals surface area contributed by atoms with Gasteiger partial charge in [-0.1, -0.05) is 29.8 Å². The second kappa shape index (κ2) is 9.51. The van der Waals surface area contributed by atoms with E-state index in [0.717, 1.165) is 22.2 Å². The Bertz CT molecular complexity index is 1290. The summed E-state index contributed by atoms with van der Waals surface area (Å²) < 4.78 is 11.4. The second-order valence-electron chi connectivity index (χ2n) is 7.07. The number of nitro groups is 1. The lowest BCUT2D eigenvalue weighted by Gasteiger charge is -2.13. The van der Waals surface area contributed by atoms with Crippen molar-refractivity contribution in [2.45, 2.75) is 6.92 Å². The molecule has 8 nitrogen and oxygen atoms in total. The highest BCUT2D eigenvalue weighted by molar-refractivity contribution is 8.18. The minimum Gasteiger partial charge on any atom is -0.490 e. The Hall–Kier alpha value is -3.56. The number of ether oxygens (including phenoxy) is 1. The number of hydrogen-bond acceptors (Lipinski definition) is 7. The third-order valence-electron chi connectivity index (χ3n) is 4.88. The fraction of sp³-hybridized carbons (Fsp3) is 0.130. The minimum absolute atomic E-state index is 0.0475. The molecule has 4 rings (SSSR count). The summed E-state index contributed by atoms with van der Waals surface area (Å²) in [6.07, 6.45) is 1.48. The van der Waals surface area contributed by atoms with Crippen molar-refractivity contribution in [3.63, 3.8) is 0 Å². The SMILES string of the molecule is Cc1ccc([N+](=O)[O-])cc1-c1ccc(/C=C2\SC(=O)N(CCOc3ccccc3Cl)C2=O)o1. The number of hydrogen-bond donors (Lipinski definition) is 0. The van der Waals surface area contributed by atoms with Gasteiger partial charge in [-0.3, -0.25) is 24.6 Å². The Morgan fingerprint density at radius 3 is 2.73 bits per heavy atom. The maximum Gasteiger partial charge on any atom is 0.293 e. The zero-order chi connectivity index (χ0) is 23.5. The number of furan rings is 1. The van der Waals surface area contributed by atoms with Crippen molar-refractivity contribution < 1.29 is 23.7 Å². The molecule has 10 heteroatoms. The molecule has 0 radical (unpaired) electrons. The molecule has 1 aliphatic heterocycles. The highest BCUT2D eigenvalue weighted by Crippen LogP contribution is 2.34. The smallest absolute Gasteiger partial charge is 0.293 e. The van der Waals surface area contributed by atoms with Crippen molar-refractivity contribution in [1.29, 1.82) is 0 Å². The Balaban J connectivity index is 1.46. The van der Waals surface area contributed by atoms with Crippen LogP contribution in [0.1, 0.15) is 11.3 Å². The van der Waals surface area contributed by atoms with Gasteiger partial charge in [-0.15, -0.1) is 0 Å². The summed E-state index contributed by atoms with van der Waals surface area (Å²) in [5, 5.41) is 11.1. The summed E-state index contributed by atoms with van der Waals surface area (Å²) >= 11 is 6.85. The predicted molar refractivity (Wildman–Crippen MR) is 125 cm³/mol. The molecule has 1 aromatic heterocycles. The molecular weight excluding hydrogens is 468 g/mol. The number of benzene rings is 2. The Kier molecular flexibility index (Phi) is 6.52. The highest BCUT2D eigenvalue weighted by atomic mass is 35.5. The van der Waals surface area contributed by atoms with E-state index in [0.29, 0.717) is 27.9 Å².